The molecule has 0 radical (unpaired) electrons. The molecular formula is C12H14ClNO3. The molecule has 1 rings (SSSR count). The van der Waals surface area contributed by atoms with Crippen molar-refractivity contribution in [2.24, 2.45) is 5.41 Å². The average molecular weight is 256 g/mol. The predicted molar refractivity (Wildman–Crippen MR) is 66.5 cm³/mol. The van der Waals surface area contributed by atoms with E-state index < -0.39 is 11.4 Å². The molecule has 0 unspecified atom stereocenters. The van der Waals surface area contributed by atoms with Crippen molar-refractivity contribution < 1.29 is 14.7 Å². The summed E-state index contributed by atoms with van der Waals surface area (Å²) in [4.78, 5) is 22.8. The topological polar surface area (TPSA) is 66.4 Å². The Hall–Kier alpha value is -1.55. The maximum absolute atomic E-state index is 11.9. The maximum Gasteiger partial charge on any atom is 0.337 e. The van der Waals surface area contributed by atoms with Gasteiger partial charge in [-0.1, -0.05) is 12.1 Å². The van der Waals surface area contributed by atoms with Gasteiger partial charge in [-0.15, -0.1) is 11.6 Å². The zero-order valence-corrected chi connectivity index (χ0v) is 10.4. The minimum Gasteiger partial charge on any atom is -0.478 e. The lowest BCUT2D eigenvalue weighted by Gasteiger charge is -2.20. The number of carboxylic acid groups (broad SMARTS) is 1. The number of carbonyl (C=O) groups is 2. The van der Waals surface area contributed by atoms with Crippen LogP contribution in [-0.4, -0.2) is 22.9 Å². The molecule has 1 aromatic rings. The van der Waals surface area contributed by atoms with Gasteiger partial charge in [-0.2, -0.15) is 0 Å². The number of hydrogen-bond donors (Lipinski definition) is 2. The lowest BCUT2D eigenvalue weighted by molar-refractivity contribution is -0.122. The fourth-order valence-electron chi connectivity index (χ4n) is 1.13. The summed E-state index contributed by atoms with van der Waals surface area (Å²) in [6.07, 6.45) is 0. The van der Waals surface area contributed by atoms with Crippen LogP contribution in [0.15, 0.2) is 24.3 Å². The third-order valence-electron chi connectivity index (χ3n) is 2.35. The number of halogens is 1. The van der Waals surface area contributed by atoms with Gasteiger partial charge in [0.15, 0.2) is 0 Å². The van der Waals surface area contributed by atoms with Gasteiger partial charge in [-0.25, -0.2) is 4.79 Å². The van der Waals surface area contributed by atoms with Crippen molar-refractivity contribution in [3.63, 3.8) is 0 Å². The van der Waals surface area contributed by atoms with E-state index in [4.69, 9.17) is 16.7 Å². The van der Waals surface area contributed by atoms with Gasteiger partial charge < -0.3 is 10.4 Å². The molecule has 1 aromatic carbocycles. The smallest absolute Gasteiger partial charge is 0.337 e. The molecule has 2 N–H and O–H groups in total. The van der Waals surface area contributed by atoms with Crippen molar-refractivity contribution in [1.82, 2.24) is 0 Å². The summed E-state index contributed by atoms with van der Waals surface area (Å²) in [5, 5.41) is 11.5. The van der Waals surface area contributed by atoms with Crippen molar-refractivity contribution in [3.05, 3.63) is 29.8 Å². The Labute approximate surface area is 105 Å². The van der Waals surface area contributed by atoms with E-state index in [1.54, 1.807) is 32.0 Å². The van der Waals surface area contributed by atoms with Crippen LogP contribution in [0, 0.1) is 5.41 Å². The highest BCUT2D eigenvalue weighted by molar-refractivity contribution is 6.20. The average Bonchev–Trinajstić information content (AvgIpc) is 2.29. The molecule has 0 aliphatic carbocycles. The summed E-state index contributed by atoms with van der Waals surface area (Å²) in [7, 11) is 0. The lowest BCUT2D eigenvalue weighted by Crippen LogP contribution is -2.32. The number of amides is 1. The Bertz CT molecular complexity index is 443. The molecular weight excluding hydrogens is 242 g/mol. The quantitative estimate of drug-likeness (QED) is 0.813. The highest BCUT2D eigenvalue weighted by atomic mass is 35.5. The van der Waals surface area contributed by atoms with Crippen LogP contribution in [-0.2, 0) is 4.79 Å². The van der Waals surface area contributed by atoms with Gasteiger partial charge in [-0.3, -0.25) is 4.79 Å². The van der Waals surface area contributed by atoms with Crippen molar-refractivity contribution >= 4 is 29.2 Å². The molecule has 1 amide bonds. The second-order valence-corrected chi connectivity index (χ2v) is 4.59. The number of nitrogens with one attached hydrogen (secondary N) is 1. The standard InChI is InChI=1S/C12H14ClNO3/c1-12(2,7-13)11(17)14-9-6-4-3-5-8(9)10(15)16/h3-6H,7H2,1-2H3,(H,14,17)(H,15,16). The fraction of sp³-hybridized carbons (Fsp3) is 0.333. The van der Waals surface area contributed by atoms with Crippen LogP contribution in [0.5, 0.6) is 0 Å². The van der Waals surface area contributed by atoms with Crippen LogP contribution in [0.1, 0.15) is 24.2 Å². The predicted octanol–water partition coefficient (Wildman–Crippen LogP) is 2.59. The maximum atomic E-state index is 11.9. The molecule has 5 heteroatoms. The first-order valence-corrected chi connectivity index (χ1v) is 5.61. The van der Waals surface area contributed by atoms with E-state index in [0.717, 1.165) is 0 Å². The number of rotatable bonds is 4. The monoisotopic (exact) mass is 255 g/mol. The third kappa shape index (κ3) is 3.20. The number of anilines is 1. The van der Waals surface area contributed by atoms with Crippen LogP contribution >= 0.6 is 11.6 Å². The van der Waals surface area contributed by atoms with Crippen molar-refractivity contribution in [3.8, 4) is 0 Å². The number of aromatic carboxylic acids is 1. The molecule has 17 heavy (non-hydrogen) atoms. The van der Waals surface area contributed by atoms with Gasteiger partial charge in [0.25, 0.3) is 0 Å². The van der Waals surface area contributed by atoms with Gasteiger partial charge in [0.05, 0.1) is 16.7 Å². The zero-order valence-electron chi connectivity index (χ0n) is 9.66. The molecule has 92 valence electrons. The van der Waals surface area contributed by atoms with Crippen LogP contribution < -0.4 is 5.32 Å². The van der Waals surface area contributed by atoms with Crippen molar-refractivity contribution in [2.45, 2.75) is 13.8 Å². The number of carboxylic acids is 1. The minimum atomic E-state index is -1.08. The van der Waals surface area contributed by atoms with E-state index in [2.05, 4.69) is 5.32 Å². The molecule has 0 atom stereocenters. The number of alkyl halides is 1. The molecule has 0 aliphatic heterocycles. The number of carbonyl (C=O) groups excluding carboxylic acids is 1. The molecule has 4 nitrogen and oxygen atoms in total. The Kier molecular flexibility index (Phi) is 4.12. The van der Waals surface area contributed by atoms with Crippen molar-refractivity contribution in [1.29, 1.82) is 0 Å². The van der Waals surface area contributed by atoms with E-state index in [-0.39, 0.29) is 23.0 Å². The SMILES string of the molecule is CC(C)(CCl)C(=O)Nc1ccccc1C(=O)O. The summed E-state index contributed by atoms with van der Waals surface area (Å²) in [5.41, 5.74) is -0.401. The zero-order chi connectivity index (χ0) is 13.1. The van der Waals surface area contributed by atoms with Crippen molar-refractivity contribution in [2.75, 3.05) is 11.2 Å². The Balaban J connectivity index is 2.97. The molecule has 0 heterocycles. The molecule has 0 saturated heterocycles. The summed E-state index contributed by atoms with van der Waals surface area (Å²) < 4.78 is 0. The third-order valence-corrected chi connectivity index (χ3v) is 3.02. The second kappa shape index (κ2) is 5.19. The molecule has 0 spiro atoms. The van der Waals surface area contributed by atoms with E-state index in [1.807, 2.05) is 0 Å². The second-order valence-electron chi connectivity index (χ2n) is 4.32. The van der Waals surface area contributed by atoms with Crippen LogP contribution in [0.25, 0.3) is 0 Å². The Morgan fingerprint density at radius 1 is 1.35 bits per heavy atom. The molecule has 0 aliphatic rings. The minimum absolute atomic E-state index is 0.0613. The van der Waals surface area contributed by atoms with Gasteiger partial charge >= 0.3 is 5.97 Å². The van der Waals surface area contributed by atoms with Gasteiger partial charge in [0.2, 0.25) is 5.91 Å². The lowest BCUT2D eigenvalue weighted by atomic mass is 9.95. The van der Waals surface area contributed by atoms with Gasteiger partial charge in [0, 0.05) is 5.88 Å². The summed E-state index contributed by atoms with van der Waals surface area (Å²) in [6.45, 7) is 3.39. The van der Waals surface area contributed by atoms with E-state index in [9.17, 15) is 9.59 Å². The van der Waals surface area contributed by atoms with E-state index in [0.29, 0.717) is 0 Å². The van der Waals surface area contributed by atoms with E-state index in [1.165, 1.54) is 6.07 Å². The fourth-order valence-corrected chi connectivity index (χ4v) is 1.25. The molecule has 0 fully saturated rings. The highest BCUT2D eigenvalue weighted by Crippen LogP contribution is 2.22. The first-order valence-electron chi connectivity index (χ1n) is 5.08. The largest absolute Gasteiger partial charge is 0.478 e. The summed E-state index contributed by atoms with van der Waals surface area (Å²) >= 11 is 5.68. The summed E-state index contributed by atoms with van der Waals surface area (Å²) in [5.74, 6) is -1.22. The normalized spacial score (nSPS) is 11.0. The first kappa shape index (κ1) is 13.5. The van der Waals surface area contributed by atoms with Crippen LogP contribution in [0.2, 0.25) is 0 Å². The van der Waals surface area contributed by atoms with E-state index >= 15 is 0 Å². The molecule has 0 saturated carbocycles. The number of hydrogen-bond acceptors (Lipinski definition) is 2. The molecule has 0 aromatic heterocycles. The molecule has 0 bridgehead atoms. The number of benzene rings is 1. The van der Waals surface area contributed by atoms with Crippen LogP contribution in [0.3, 0.4) is 0 Å². The highest BCUT2D eigenvalue weighted by Gasteiger charge is 2.27. The number of para-hydroxylation sites is 1. The first-order chi connectivity index (χ1) is 7.88. The Morgan fingerprint density at radius 2 is 1.94 bits per heavy atom. The van der Waals surface area contributed by atoms with Gasteiger partial charge in [-0.05, 0) is 26.0 Å². The Morgan fingerprint density at radius 3 is 2.47 bits per heavy atom. The summed E-state index contributed by atoms with van der Waals surface area (Å²) in [6, 6.07) is 6.25. The van der Waals surface area contributed by atoms with Crippen LogP contribution in [0.4, 0.5) is 5.69 Å². The van der Waals surface area contributed by atoms with Gasteiger partial charge in [0.1, 0.15) is 0 Å².